The number of rotatable bonds is 9. The summed E-state index contributed by atoms with van der Waals surface area (Å²) < 4.78 is 5.53. The van der Waals surface area contributed by atoms with E-state index < -0.39 is 0 Å². The molecule has 2 aromatic carbocycles. The number of benzene rings is 2. The molecule has 0 atom stereocenters. The van der Waals surface area contributed by atoms with E-state index in [0.29, 0.717) is 36.8 Å². The molecule has 146 valence electrons. The quantitative estimate of drug-likeness (QED) is 0.651. The Hall–Kier alpha value is -2.91. The van der Waals surface area contributed by atoms with Crippen LogP contribution in [0.5, 0.6) is 5.75 Å². The first-order valence-electron chi connectivity index (χ1n) is 9.38. The smallest absolute Gasteiger partial charge is 0.257 e. The van der Waals surface area contributed by atoms with E-state index in [0.717, 1.165) is 18.6 Å². The number of carbonyl (C=O) groups is 1. The molecular weight excluding hydrogens is 370 g/mol. The largest absolute Gasteiger partial charge is 0.494 e. The van der Waals surface area contributed by atoms with Crippen LogP contribution in [-0.2, 0) is 6.42 Å². The van der Waals surface area contributed by atoms with Gasteiger partial charge in [0.15, 0.2) is 5.11 Å². The van der Waals surface area contributed by atoms with Crippen molar-refractivity contribution >= 4 is 23.2 Å². The van der Waals surface area contributed by atoms with Gasteiger partial charge in [-0.05, 0) is 54.9 Å². The number of nitriles is 1. The molecule has 0 aliphatic heterocycles. The number of hydrogen-bond donors (Lipinski definition) is 1. The van der Waals surface area contributed by atoms with Crippen molar-refractivity contribution < 1.29 is 9.53 Å². The van der Waals surface area contributed by atoms with Gasteiger partial charge in [0.1, 0.15) is 5.75 Å². The summed E-state index contributed by atoms with van der Waals surface area (Å²) in [6, 6.07) is 19.2. The minimum absolute atomic E-state index is 0.270. The molecule has 0 radical (unpaired) electrons. The van der Waals surface area contributed by atoms with Gasteiger partial charge in [0, 0.05) is 18.7 Å². The molecule has 0 saturated heterocycles. The van der Waals surface area contributed by atoms with Crippen LogP contribution in [0.25, 0.3) is 0 Å². The first-order valence-corrected chi connectivity index (χ1v) is 9.79. The zero-order valence-corrected chi connectivity index (χ0v) is 16.9. The van der Waals surface area contributed by atoms with E-state index in [1.807, 2.05) is 42.2 Å². The van der Waals surface area contributed by atoms with Crippen LogP contribution >= 0.6 is 12.2 Å². The minimum atomic E-state index is -0.270. The third-order valence-corrected chi connectivity index (χ3v) is 4.46. The Balaban J connectivity index is 1.95. The lowest BCUT2D eigenvalue weighted by Gasteiger charge is -2.24. The van der Waals surface area contributed by atoms with Gasteiger partial charge in [-0.25, -0.2) is 0 Å². The first-order chi connectivity index (χ1) is 13.6. The minimum Gasteiger partial charge on any atom is -0.494 e. The van der Waals surface area contributed by atoms with Gasteiger partial charge in [-0.3, -0.25) is 10.1 Å². The number of nitrogens with one attached hydrogen (secondary N) is 1. The van der Waals surface area contributed by atoms with Crippen molar-refractivity contribution in [3.8, 4) is 11.8 Å². The van der Waals surface area contributed by atoms with E-state index in [4.69, 9.17) is 22.2 Å². The number of ether oxygens (including phenoxy) is 1. The Morgan fingerprint density at radius 1 is 1.14 bits per heavy atom. The predicted molar refractivity (Wildman–Crippen MR) is 114 cm³/mol. The number of carbonyl (C=O) groups excluding carboxylic acids is 1. The molecule has 0 unspecified atom stereocenters. The van der Waals surface area contributed by atoms with E-state index >= 15 is 0 Å². The van der Waals surface area contributed by atoms with E-state index in [1.165, 1.54) is 5.56 Å². The van der Waals surface area contributed by atoms with E-state index in [2.05, 4.69) is 11.4 Å². The second kappa shape index (κ2) is 11.7. The maximum atomic E-state index is 12.5. The van der Waals surface area contributed by atoms with Crippen molar-refractivity contribution in [1.82, 2.24) is 10.2 Å². The van der Waals surface area contributed by atoms with Crippen LogP contribution < -0.4 is 10.1 Å². The van der Waals surface area contributed by atoms with Crippen molar-refractivity contribution in [2.24, 2.45) is 0 Å². The van der Waals surface area contributed by atoms with Crippen LogP contribution in [0.3, 0.4) is 0 Å². The van der Waals surface area contributed by atoms with Gasteiger partial charge in [0.2, 0.25) is 0 Å². The molecule has 0 aliphatic carbocycles. The summed E-state index contributed by atoms with van der Waals surface area (Å²) in [6.45, 7) is 3.80. The molecule has 0 heterocycles. The average Bonchev–Trinajstić information content (AvgIpc) is 2.73. The molecule has 5 nitrogen and oxygen atoms in total. The first kappa shape index (κ1) is 21.4. The van der Waals surface area contributed by atoms with Crippen molar-refractivity contribution in [2.75, 3.05) is 19.7 Å². The monoisotopic (exact) mass is 395 g/mol. The summed E-state index contributed by atoms with van der Waals surface area (Å²) in [5.74, 6) is 0.466. The zero-order valence-electron chi connectivity index (χ0n) is 16.1. The summed E-state index contributed by atoms with van der Waals surface area (Å²) in [5, 5.41) is 12.0. The van der Waals surface area contributed by atoms with Crippen LogP contribution in [0.1, 0.15) is 35.7 Å². The molecule has 0 aromatic heterocycles. The fourth-order valence-corrected chi connectivity index (χ4v) is 2.85. The summed E-state index contributed by atoms with van der Waals surface area (Å²) in [6.07, 6.45) is 2.05. The van der Waals surface area contributed by atoms with Gasteiger partial charge >= 0.3 is 0 Å². The number of nitrogens with zero attached hydrogens (tertiary/aromatic N) is 2. The van der Waals surface area contributed by atoms with Gasteiger partial charge < -0.3 is 9.64 Å². The Labute approximate surface area is 171 Å². The lowest BCUT2D eigenvalue weighted by atomic mass is 10.1. The molecule has 2 rings (SSSR count). The summed E-state index contributed by atoms with van der Waals surface area (Å²) >= 11 is 5.42. The molecule has 0 bridgehead atoms. The fraction of sp³-hybridized carbons (Fsp3) is 0.318. The highest BCUT2D eigenvalue weighted by atomic mass is 32.1. The van der Waals surface area contributed by atoms with Gasteiger partial charge in [-0.2, -0.15) is 5.26 Å². The second-order valence-electron chi connectivity index (χ2n) is 6.26. The van der Waals surface area contributed by atoms with Crippen LogP contribution in [0.2, 0.25) is 0 Å². The van der Waals surface area contributed by atoms with E-state index in [1.54, 1.807) is 24.3 Å². The molecule has 2 aromatic rings. The Bertz CT molecular complexity index is 801. The van der Waals surface area contributed by atoms with Crippen LogP contribution in [-0.4, -0.2) is 35.6 Å². The van der Waals surface area contributed by atoms with Gasteiger partial charge in [0.25, 0.3) is 5.91 Å². The average molecular weight is 396 g/mol. The zero-order chi connectivity index (χ0) is 20.2. The van der Waals surface area contributed by atoms with E-state index in [9.17, 15) is 4.79 Å². The van der Waals surface area contributed by atoms with Crippen molar-refractivity contribution in [3.63, 3.8) is 0 Å². The fourth-order valence-electron chi connectivity index (χ4n) is 2.58. The lowest BCUT2D eigenvalue weighted by Crippen LogP contribution is -2.44. The second-order valence-corrected chi connectivity index (χ2v) is 6.65. The summed E-state index contributed by atoms with van der Waals surface area (Å²) in [4.78, 5) is 14.4. The number of hydrogen-bond acceptors (Lipinski definition) is 4. The lowest BCUT2D eigenvalue weighted by molar-refractivity contribution is 0.0973. The molecule has 0 fully saturated rings. The number of amides is 1. The molecule has 1 N–H and O–H groups in total. The molecule has 1 amide bonds. The predicted octanol–water partition coefficient (Wildman–Crippen LogP) is 3.95. The van der Waals surface area contributed by atoms with Gasteiger partial charge in [0.05, 0.1) is 19.1 Å². The van der Waals surface area contributed by atoms with Crippen LogP contribution in [0.15, 0.2) is 54.6 Å². The highest BCUT2D eigenvalue weighted by Gasteiger charge is 2.14. The summed E-state index contributed by atoms with van der Waals surface area (Å²) in [5.41, 5.74) is 1.69. The molecule has 6 heteroatoms. The van der Waals surface area contributed by atoms with Crippen molar-refractivity contribution in [3.05, 3.63) is 65.7 Å². The standard InChI is InChI=1S/C22H25N3O2S/c1-2-17-27-20-11-9-19(10-12-20)21(26)24-22(28)25(15-6-14-23)16-13-18-7-4-3-5-8-18/h3-5,7-12H,2,6,13,15-17H2,1H3,(H,24,26,28). The normalized spacial score (nSPS) is 10.0. The highest BCUT2D eigenvalue weighted by molar-refractivity contribution is 7.80. The maximum Gasteiger partial charge on any atom is 0.257 e. The van der Waals surface area contributed by atoms with Gasteiger partial charge in [-0.1, -0.05) is 37.3 Å². The van der Waals surface area contributed by atoms with Crippen molar-refractivity contribution in [1.29, 1.82) is 5.26 Å². The Morgan fingerprint density at radius 2 is 1.86 bits per heavy atom. The highest BCUT2D eigenvalue weighted by Crippen LogP contribution is 2.12. The SMILES string of the molecule is CCCOc1ccc(C(=O)NC(=S)N(CCC#N)CCc2ccccc2)cc1. The molecule has 0 saturated carbocycles. The molecule has 0 aliphatic rings. The third-order valence-electron chi connectivity index (χ3n) is 4.10. The summed E-state index contributed by atoms with van der Waals surface area (Å²) in [7, 11) is 0. The molecule has 0 spiro atoms. The number of thiocarbonyl (C=S) groups is 1. The van der Waals surface area contributed by atoms with Gasteiger partial charge in [-0.15, -0.1) is 0 Å². The van der Waals surface area contributed by atoms with Crippen molar-refractivity contribution in [2.45, 2.75) is 26.2 Å². The molecular formula is C22H25N3O2S. The Morgan fingerprint density at radius 3 is 2.50 bits per heavy atom. The van der Waals surface area contributed by atoms with E-state index in [-0.39, 0.29) is 5.91 Å². The topological polar surface area (TPSA) is 65.4 Å². The third kappa shape index (κ3) is 7.01. The molecule has 28 heavy (non-hydrogen) atoms. The maximum absolute atomic E-state index is 12.5. The van der Waals surface area contributed by atoms with Crippen LogP contribution in [0.4, 0.5) is 0 Å². The van der Waals surface area contributed by atoms with Crippen LogP contribution in [0, 0.1) is 11.3 Å². The Kier molecular flexibility index (Phi) is 8.96.